The van der Waals surface area contributed by atoms with Crippen LogP contribution in [0.15, 0.2) is 168 Å². The van der Waals surface area contributed by atoms with E-state index in [2.05, 4.69) is 26.6 Å². The summed E-state index contributed by atoms with van der Waals surface area (Å²) < 4.78 is 51.0. The maximum atomic E-state index is 14.6. The molecule has 3 unspecified atom stereocenters. The molecular formula is C81H97ClN8O14S2. The fourth-order valence-corrected chi connectivity index (χ4v) is 14.8. The Morgan fingerprint density at radius 2 is 1.41 bits per heavy atom. The molecule has 25 heteroatoms. The second kappa shape index (κ2) is 38.1. The van der Waals surface area contributed by atoms with Gasteiger partial charge < -0.3 is 55.7 Å². The maximum Gasteiger partial charge on any atom is 0.411 e. The molecule has 0 bridgehead atoms. The van der Waals surface area contributed by atoms with Crippen molar-refractivity contribution in [3.05, 3.63) is 197 Å². The van der Waals surface area contributed by atoms with Crippen LogP contribution in [-0.4, -0.2) is 148 Å². The first-order valence-electron chi connectivity index (χ1n) is 35.3. The number of Topliss-reactive ketones (excluding diaryl/α,β-unsaturated/α-hetero) is 1. The third kappa shape index (κ3) is 24.2. The number of carbonyl (C=O) groups excluding carboxylic acids is 8. The molecule has 106 heavy (non-hydrogen) atoms. The molecule has 0 aromatic heterocycles. The molecule has 0 saturated carbocycles. The number of amides is 8. The smallest absolute Gasteiger partial charge is 0.411 e. The largest absolute Gasteiger partial charge is 0.497 e. The number of fused-ring (bicyclic) bond motifs is 3. The van der Waals surface area contributed by atoms with E-state index in [9.17, 15) is 46.8 Å². The van der Waals surface area contributed by atoms with Crippen LogP contribution in [0.25, 0.3) is 16.8 Å². The number of nitrogens with one attached hydrogen (secondary N) is 5. The standard InChI is InChI=1S/C81H97ClN8O14S2/c1-52(2)73(88-70(91)39-42-89(43-45-104-81(8,9)40-44-103-80(5,6)7)77(96)58-28-26-57(27-29-58)74(93)60(50-105-63-34-17-53(3)18-35-63)51-106(99,100)64-36-19-54(4)20-37-64)76(95)86-67(16-13-41-84-78(83)97)75(94)85-61-30-21-56(22-31-61)49-102-79(98)87-68-46-69-72(66-15-12-11-14-65(66)68)59(47-82)48-90(69)71(92)38-25-55-23-32-62(101-10)33-24-55/h11-12,14-15,17-38,46,52,59-60,67,73H,13,16,39-45,47-51H2,1-10H3,(H,85,94)(H,86,95)(H,87,98)(H,88,91)(H3,83,84,97)/b38-25+/t59?,60?,67-,73?/m0/s1. The van der Waals surface area contributed by atoms with Gasteiger partial charge in [-0.05, 0) is 169 Å². The predicted octanol–water partition coefficient (Wildman–Crippen LogP) is 13.2. The van der Waals surface area contributed by atoms with Gasteiger partial charge in [0.1, 0.15) is 24.4 Å². The second-order valence-corrected chi connectivity index (χ2v) is 31.6. The summed E-state index contributed by atoms with van der Waals surface area (Å²) in [7, 11) is -2.32. The van der Waals surface area contributed by atoms with Gasteiger partial charge in [0.05, 0.1) is 46.9 Å². The number of benzene rings is 7. The Bertz CT molecular complexity index is 4360. The number of rotatable bonds is 36. The lowest BCUT2D eigenvalue weighted by Gasteiger charge is -2.30. The van der Waals surface area contributed by atoms with Crippen LogP contribution < -0.4 is 42.0 Å². The van der Waals surface area contributed by atoms with E-state index in [0.29, 0.717) is 47.9 Å². The number of aryl methyl sites for hydroxylation is 2. The van der Waals surface area contributed by atoms with E-state index in [-0.39, 0.29) is 97.2 Å². The lowest BCUT2D eigenvalue weighted by atomic mass is 9.95. The molecule has 8 rings (SSSR count). The number of ether oxygens (including phenoxy) is 4. The van der Waals surface area contributed by atoms with Crippen molar-refractivity contribution in [2.75, 3.05) is 79.4 Å². The van der Waals surface area contributed by atoms with E-state index in [1.165, 1.54) is 59.1 Å². The van der Waals surface area contributed by atoms with Gasteiger partial charge in [-0.2, -0.15) is 0 Å². The van der Waals surface area contributed by atoms with E-state index in [0.717, 1.165) is 37.9 Å². The Morgan fingerprint density at radius 1 is 0.755 bits per heavy atom. The minimum atomic E-state index is -3.91. The monoisotopic (exact) mass is 1500 g/mol. The van der Waals surface area contributed by atoms with Crippen molar-refractivity contribution in [3.8, 4) is 5.75 Å². The quantitative estimate of drug-likeness (QED) is 0.00699. The molecule has 0 spiro atoms. The van der Waals surface area contributed by atoms with Gasteiger partial charge in [-0.3, -0.25) is 34.1 Å². The highest BCUT2D eigenvalue weighted by molar-refractivity contribution is 7.99. The number of alkyl halides is 1. The molecular weight excluding hydrogens is 1410 g/mol. The number of ketones is 1. The molecule has 0 radical (unpaired) electrons. The molecule has 1 heterocycles. The number of nitrogens with zero attached hydrogens (tertiary/aromatic N) is 2. The van der Waals surface area contributed by atoms with E-state index >= 15 is 0 Å². The van der Waals surface area contributed by atoms with Crippen LogP contribution in [0.4, 0.5) is 26.7 Å². The highest BCUT2D eigenvalue weighted by Crippen LogP contribution is 2.45. The lowest BCUT2D eigenvalue weighted by Crippen LogP contribution is -2.54. The van der Waals surface area contributed by atoms with E-state index < -0.39 is 86.6 Å². The first-order chi connectivity index (χ1) is 50.4. The summed E-state index contributed by atoms with van der Waals surface area (Å²) in [4.78, 5) is 115. The maximum absolute atomic E-state index is 14.6. The minimum absolute atomic E-state index is 0.0389. The van der Waals surface area contributed by atoms with Crippen molar-refractivity contribution in [1.29, 1.82) is 0 Å². The van der Waals surface area contributed by atoms with Gasteiger partial charge in [0.25, 0.3) is 11.8 Å². The highest BCUT2D eigenvalue weighted by atomic mass is 35.5. The molecule has 1 aliphatic heterocycles. The van der Waals surface area contributed by atoms with Crippen LogP contribution in [0.1, 0.15) is 129 Å². The van der Waals surface area contributed by atoms with Crippen LogP contribution in [0, 0.1) is 25.7 Å². The zero-order valence-corrected chi connectivity index (χ0v) is 64.1. The van der Waals surface area contributed by atoms with Crippen molar-refractivity contribution in [3.63, 3.8) is 0 Å². The average Bonchev–Trinajstić information content (AvgIpc) is 1.57. The number of anilines is 3. The Morgan fingerprint density at radius 3 is 2.04 bits per heavy atom. The summed E-state index contributed by atoms with van der Waals surface area (Å²) in [5.41, 5.74) is 10.3. The van der Waals surface area contributed by atoms with E-state index in [1.54, 1.807) is 74.4 Å². The molecule has 0 fully saturated rings. The van der Waals surface area contributed by atoms with Crippen molar-refractivity contribution in [1.82, 2.24) is 20.9 Å². The minimum Gasteiger partial charge on any atom is -0.497 e. The summed E-state index contributed by atoms with van der Waals surface area (Å²) in [6, 6.07) is 40.2. The van der Waals surface area contributed by atoms with Crippen LogP contribution in [0.2, 0.25) is 0 Å². The number of methoxy groups -OCH3 is 1. The average molecular weight is 1510 g/mol. The molecule has 4 atom stereocenters. The Hall–Kier alpha value is -9.59. The molecule has 1 aliphatic rings. The predicted molar refractivity (Wildman–Crippen MR) is 416 cm³/mol. The zero-order chi connectivity index (χ0) is 76.9. The number of thioether (sulfide) groups is 1. The molecule has 7 aromatic carbocycles. The summed E-state index contributed by atoms with van der Waals surface area (Å²) in [6.45, 7) is 17.6. The van der Waals surface area contributed by atoms with Crippen LogP contribution >= 0.6 is 23.4 Å². The van der Waals surface area contributed by atoms with Crippen LogP contribution in [0.5, 0.6) is 5.75 Å². The van der Waals surface area contributed by atoms with Crippen molar-refractivity contribution < 1.29 is 65.7 Å². The number of halogens is 1. The van der Waals surface area contributed by atoms with Crippen molar-refractivity contribution in [2.24, 2.45) is 17.6 Å². The first kappa shape index (κ1) is 82.1. The van der Waals surface area contributed by atoms with Crippen LogP contribution in [0.3, 0.4) is 0 Å². The summed E-state index contributed by atoms with van der Waals surface area (Å²) in [6.07, 6.45) is 2.99. The highest BCUT2D eigenvalue weighted by Gasteiger charge is 2.36. The third-order valence-corrected chi connectivity index (χ3v) is 21.3. The van der Waals surface area contributed by atoms with E-state index in [4.69, 9.17) is 36.3 Å². The Kier molecular flexibility index (Phi) is 29.5. The number of carbonyl (C=O) groups is 8. The summed E-state index contributed by atoms with van der Waals surface area (Å²) in [5.74, 6) is -3.97. The summed E-state index contributed by atoms with van der Waals surface area (Å²) in [5, 5.41) is 15.4. The number of hydrogen-bond acceptors (Lipinski definition) is 15. The number of sulfone groups is 1. The number of primary amides is 1. The second-order valence-electron chi connectivity index (χ2n) is 28.2. The van der Waals surface area contributed by atoms with Crippen molar-refractivity contribution >= 4 is 115 Å². The normalized spacial score (nSPS) is 13.8. The number of nitrogens with two attached hydrogens (primary N) is 1. The number of urea groups is 1. The SMILES string of the molecule is COc1ccc(/C=C/C(=O)N2CC(CCl)c3c2cc(NC(=O)OCc2ccc(NC(=O)[C@H](CCCNC(N)=O)NC(=O)C(NC(=O)CCN(CCOC(C)(C)CCOC(C)(C)C)C(=O)c4ccc(C(=O)C(CSc5ccc(C)cc5)CS(=O)(=O)c5ccc(C)cc5)cc4)C(C)C)cc2)c2ccccc32)cc1. The topological polar surface area (TPSA) is 300 Å². The Balaban J connectivity index is 0.910. The molecule has 7 N–H and O–H groups in total. The zero-order valence-electron chi connectivity index (χ0n) is 61.8. The number of hydrogen-bond donors (Lipinski definition) is 6. The van der Waals surface area contributed by atoms with Crippen molar-refractivity contribution in [2.45, 2.75) is 134 Å². The van der Waals surface area contributed by atoms with E-state index in [1.807, 2.05) is 121 Å². The fraction of sp³-hybridized carbons (Fsp3) is 0.383. The molecule has 564 valence electrons. The lowest BCUT2D eigenvalue weighted by molar-refractivity contribution is -0.132. The van der Waals surface area contributed by atoms with Gasteiger partial charge in [0.15, 0.2) is 15.6 Å². The molecule has 22 nitrogen and oxygen atoms in total. The molecule has 7 aromatic rings. The van der Waals surface area contributed by atoms with Gasteiger partial charge in [-0.25, -0.2) is 18.0 Å². The van der Waals surface area contributed by atoms with Gasteiger partial charge in [-0.1, -0.05) is 110 Å². The summed E-state index contributed by atoms with van der Waals surface area (Å²) >= 11 is 7.90. The van der Waals surface area contributed by atoms with Gasteiger partial charge in [-0.15, -0.1) is 23.4 Å². The molecule has 8 amide bonds. The van der Waals surface area contributed by atoms with Gasteiger partial charge in [0, 0.05) is 95.8 Å². The van der Waals surface area contributed by atoms with Gasteiger partial charge in [0.2, 0.25) is 17.7 Å². The van der Waals surface area contributed by atoms with Crippen LogP contribution in [-0.2, 0) is 49.8 Å². The fourth-order valence-electron chi connectivity index (χ4n) is 11.9. The first-order valence-corrected chi connectivity index (χ1v) is 38.5. The Labute approximate surface area is 630 Å². The van der Waals surface area contributed by atoms with Gasteiger partial charge >= 0.3 is 12.1 Å². The third-order valence-electron chi connectivity index (χ3n) is 17.9. The molecule has 0 saturated heterocycles. The molecule has 0 aliphatic carbocycles.